The quantitative estimate of drug-likeness (QED) is 0.709. The van der Waals surface area contributed by atoms with Crippen LogP contribution < -0.4 is 10.0 Å². The number of anilines is 1. The zero-order valence-corrected chi connectivity index (χ0v) is 10.1. The van der Waals surface area contributed by atoms with Gasteiger partial charge in [-0.3, -0.25) is 4.31 Å². The van der Waals surface area contributed by atoms with Crippen LogP contribution >= 0.6 is 0 Å². The van der Waals surface area contributed by atoms with Crippen LogP contribution in [0.1, 0.15) is 12.1 Å². The molecule has 1 aromatic rings. The highest BCUT2D eigenvalue weighted by Crippen LogP contribution is 2.21. The van der Waals surface area contributed by atoms with Gasteiger partial charge in [0.25, 0.3) is 0 Å². The topological polar surface area (TPSA) is 76.3 Å². The minimum atomic E-state index is -3.18. The monoisotopic (exact) mass is 251 g/mol. The molecule has 0 spiro atoms. The van der Waals surface area contributed by atoms with Gasteiger partial charge in [-0.2, -0.15) is 0 Å². The molecule has 2 N–H and O–H groups in total. The molecule has 1 saturated heterocycles. The highest BCUT2D eigenvalue weighted by atomic mass is 32.2. The van der Waals surface area contributed by atoms with Crippen molar-refractivity contribution in [2.45, 2.75) is 6.42 Å². The van der Waals surface area contributed by atoms with Gasteiger partial charge in [-0.05, 0) is 24.5 Å². The van der Waals surface area contributed by atoms with Crippen LogP contribution in [0, 0.1) is 11.8 Å². The van der Waals surface area contributed by atoms with Gasteiger partial charge in [0.15, 0.2) is 0 Å². The van der Waals surface area contributed by atoms with Crippen LogP contribution in [0.5, 0.6) is 0 Å². The van der Waals surface area contributed by atoms with Gasteiger partial charge in [-0.15, -0.1) is 0 Å². The van der Waals surface area contributed by atoms with Gasteiger partial charge in [0, 0.05) is 6.54 Å². The summed E-state index contributed by atoms with van der Waals surface area (Å²) in [6.45, 7) is 0.747. The number of rotatable bonds is 1. The molecule has 0 unspecified atom stereocenters. The first-order valence-corrected chi connectivity index (χ1v) is 6.91. The summed E-state index contributed by atoms with van der Waals surface area (Å²) in [7, 11) is -3.18. The van der Waals surface area contributed by atoms with E-state index in [1.807, 2.05) is 0 Å². The van der Waals surface area contributed by atoms with Gasteiger partial charge < -0.3 is 5.73 Å². The van der Waals surface area contributed by atoms with Crippen LogP contribution in [0.15, 0.2) is 18.2 Å². The first-order chi connectivity index (χ1) is 8.13. The Bertz CT molecular complexity index is 572. The van der Waals surface area contributed by atoms with E-state index in [2.05, 4.69) is 16.8 Å². The Balaban J connectivity index is 2.34. The Hall–Kier alpha value is -1.58. The molecule has 6 heteroatoms. The lowest BCUT2D eigenvalue weighted by atomic mass is 10.3. The lowest BCUT2D eigenvalue weighted by Crippen LogP contribution is -2.26. The van der Waals surface area contributed by atoms with Crippen LogP contribution in [0.2, 0.25) is 0 Å². The number of nitrogens with zero attached hydrogens (tertiary/aromatic N) is 2. The van der Waals surface area contributed by atoms with Crippen LogP contribution in [0.3, 0.4) is 0 Å². The van der Waals surface area contributed by atoms with E-state index in [1.165, 1.54) is 4.31 Å². The Kier molecular flexibility index (Phi) is 3.31. The molecule has 1 fully saturated rings. The second-order valence-electron chi connectivity index (χ2n) is 3.63. The summed E-state index contributed by atoms with van der Waals surface area (Å²) in [5.74, 6) is 6.10. The van der Waals surface area contributed by atoms with E-state index in [4.69, 9.17) is 5.73 Å². The van der Waals surface area contributed by atoms with Crippen molar-refractivity contribution in [2.24, 2.45) is 5.73 Å². The van der Waals surface area contributed by atoms with Crippen LogP contribution in [0.4, 0.5) is 5.82 Å². The zero-order chi connectivity index (χ0) is 12.3. The number of sulfonamides is 1. The Morgan fingerprint density at radius 1 is 1.47 bits per heavy atom. The lowest BCUT2D eigenvalue weighted by molar-refractivity contribution is 0.599. The predicted molar refractivity (Wildman–Crippen MR) is 65.9 cm³/mol. The van der Waals surface area contributed by atoms with Crippen molar-refractivity contribution in [3.8, 4) is 11.8 Å². The molecular weight excluding hydrogens is 238 g/mol. The molecule has 0 saturated carbocycles. The van der Waals surface area contributed by atoms with Gasteiger partial charge in [0.2, 0.25) is 10.0 Å². The number of aromatic nitrogens is 1. The lowest BCUT2D eigenvalue weighted by Gasteiger charge is -2.15. The fourth-order valence-electron chi connectivity index (χ4n) is 1.67. The van der Waals surface area contributed by atoms with Gasteiger partial charge >= 0.3 is 0 Å². The maximum atomic E-state index is 11.7. The van der Waals surface area contributed by atoms with Gasteiger partial charge in [0.1, 0.15) is 11.5 Å². The standard InChI is InChI=1S/C11H13N3O2S/c12-7-2-5-10-4-1-6-11(13-10)14-8-3-9-17(14,15)16/h1,4,6H,3,7-9,12H2. The first-order valence-electron chi connectivity index (χ1n) is 5.30. The van der Waals surface area contributed by atoms with Crippen molar-refractivity contribution in [1.29, 1.82) is 0 Å². The molecule has 2 rings (SSSR count). The predicted octanol–water partition coefficient (Wildman–Crippen LogP) is -0.0683. The molecule has 0 bridgehead atoms. The average molecular weight is 251 g/mol. The smallest absolute Gasteiger partial charge is 0.236 e. The molecule has 0 aromatic carbocycles. The van der Waals surface area contributed by atoms with Crippen molar-refractivity contribution in [1.82, 2.24) is 4.98 Å². The Morgan fingerprint density at radius 2 is 2.29 bits per heavy atom. The van der Waals surface area contributed by atoms with Crippen LogP contribution in [-0.2, 0) is 10.0 Å². The molecule has 2 heterocycles. The summed E-state index contributed by atoms with van der Waals surface area (Å²) in [4.78, 5) is 4.21. The molecule has 1 aliphatic heterocycles. The molecule has 0 amide bonds. The maximum absolute atomic E-state index is 11.7. The summed E-state index contributed by atoms with van der Waals surface area (Å²) >= 11 is 0. The maximum Gasteiger partial charge on any atom is 0.236 e. The minimum absolute atomic E-state index is 0.188. The summed E-state index contributed by atoms with van der Waals surface area (Å²) in [6, 6.07) is 5.15. The van der Waals surface area contributed by atoms with Crippen molar-refractivity contribution < 1.29 is 8.42 Å². The molecule has 5 nitrogen and oxygen atoms in total. The summed E-state index contributed by atoms with van der Waals surface area (Å²) in [5.41, 5.74) is 5.81. The highest BCUT2D eigenvalue weighted by molar-refractivity contribution is 7.93. The van der Waals surface area contributed by atoms with E-state index >= 15 is 0 Å². The molecular formula is C11H13N3O2S. The SMILES string of the molecule is NCC#Cc1cccc(N2CCCS2(=O)=O)n1. The number of nitrogens with two attached hydrogens (primary N) is 1. The van der Waals surface area contributed by atoms with Gasteiger partial charge in [-0.25, -0.2) is 13.4 Å². The van der Waals surface area contributed by atoms with Crippen molar-refractivity contribution in [3.63, 3.8) is 0 Å². The van der Waals surface area contributed by atoms with E-state index in [0.717, 1.165) is 0 Å². The average Bonchev–Trinajstić information content (AvgIpc) is 2.67. The third-order valence-corrected chi connectivity index (χ3v) is 4.25. The van der Waals surface area contributed by atoms with E-state index < -0.39 is 10.0 Å². The molecule has 17 heavy (non-hydrogen) atoms. The normalized spacial score (nSPS) is 17.6. The first kappa shape index (κ1) is 11.9. The van der Waals surface area contributed by atoms with Crippen molar-refractivity contribution >= 4 is 15.8 Å². The molecule has 90 valence electrons. The zero-order valence-electron chi connectivity index (χ0n) is 9.26. The summed E-state index contributed by atoms with van der Waals surface area (Å²) in [5, 5.41) is 0. The number of hydrogen-bond donors (Lipinski definition) is 1. The second kappa shape index (κ2) is 4.73. The second-order valence-corrected chi connectivity index (χ2v) is 5.64. The minimum Gasteiger partial charge on any atom is -0.320 e. The van der Waals surface area contributed by atoms with E-state index in [0.29, 0.717) is 24.5 Å². The Morgan fingerprint density at radius 3 is 2.94 bits per heavy atom. The van der Waals surface area contributed by atoms with Crippen molar-refractivity contribution in [3.05, 3.63) is 23.9 Å². The number of pyridine rings is 1. The largest absolute Gasteiger partial charge is 0.320 e. The molecule has 0 atom stereocenters. The molecule has 0 radical (unpaired) electrons. The van der Waals surface area contributed by atoms with Gasteiger partial charge in [-0.1, -0.05) is 12.0 Å². The van der Waals surface area contributed by atoms with E-state index in [1.54, 1.807) is 18.2 Å². The summed E-state index contributed by atoms with van der Waals surface area (Å²) in [6.07, 6.45) is 0.642. The van der Waals surface area contributed by atoms with Crippen LogP contribution in [-0.4, -0.2) is 32.2 Å². The third kappa shape index (κ3) is 2.57. The molecule has 1 aromatic heterocycles. The summed E-state index contributed by atoms with van der Waals surface area (Å²) < 4.78 is 24.8. The Labute approximate surface area is 101 Å². The fraction of sp³-hybridized carbons (Fsp3) is 0.364. The van der Waals surface area contributed by atoms with Crippen LogP contribution in [0.25, 0.3) is 0 Å². The fourth-order valence-corrected chi connectivity index (χ4v) is 3.18. The molecule has 0 aliphatic carbocycles. The number of hydrogen-bond acceptors (Lipinski definition) is 4. The van der Waals surface area contributed by atoms with E-state index in [9.17, 15) is 8.42 Å². The molecule has 1 aliphatic rings. The highest BCUT2D eigenvalue weighted by Gasteiger charge is 2.29. The van der Waals surface area contributed by atoms with E-state index in [-0.39, 0.29) is 12.3 Å². The van der Waals surface area contributed by atoms with Crippen molar-refractivity contribution in [2.75, 3.05) is 23.1 Å². The van der Waals surface area contributed by atoms with Gasteiger partial charge in [0.05, 0.1) is 12.3 Å². The third-order valence-electron chi connectivity index (χ3n) is 2.41.